The smallest absolute Gasteiger partial charge is 0.244 e. The molecule has 1 saturated heterocycles. The maximum absolute atomic E-state index is 11.1. The Balaban J connectivity index is 2.18. The van der Waals surface area contributed by atoms with Crippen LogP contribution in [0.4, 0.5) is 0 Å². The van der Waals surface area contributed by atoms with Crippen LogP contribution in [0.5, 0.6) is 0 Å². The molecule has 1 aliphatic rings. The van der Waals surface area contributed by atoms with Gasteiger partial charge in [-0.2, -0.15) is 0 Å². The predicted molar refractivity (Wildman–Crippen MR) is 48.8 cm³/mol. The van der Waals surface area contributed by atoms with Gasteiger partial charge in [0.25, 0.3) is 0 Å². The normalized spacial score (nSPS) is 18.4. The molecule has 0 radical (unpaired) electrons. The van der Waals surface area contributed by atoms with Gasteiger partial charge in [-0.3, -0.25) is 4.79 Å². The topological polar surface area (TPSA) is 41.1 Å². The molecular weight excluding hydrogens is 152 g/mol. The largest absolute Gasteiger partial charge is 0.347 e. The third-order valence-electron chi connectivity index (χ3n) is 1.68. The summed E-state index contributed by atoms with van der Waals surface area (Å²) in [5.41, 5.74) is 0. The lowest BCUT2D eigenvalue weighted by Crippen LogP contribution is -2.56. The van der Waals surface area contributed by atoms with Crippen molar-refractivity contribution < 1.29 is 4.79 Å². The molecule has 66 valence electrons. The molecule has 0 aromatic heterocycles. The van der Waals surface area contributed by atoms with Crippen LogP contribution in [0.1, 0.15) is 6.92 Å². The van der Waals surface area contributed by atoms with Crippen molar-refractivity contribution in [2.45, 2.75) is 13.0 Å². The predicted octanol–water partition coefficient (Wildman–Crippen LogP) is 0.207. The van der Waals surface area contributed by atoms with E-state index in [2.05, 4.69) is 10.6 Å². The highest BCUT2D eigenvalue weighted by atomic mass is 16.1. The average molecular weight is 166 g/mol. The Bertz CT molecular complexity index is 205. The van der Waals surface area contributed by atoms with Crippen molar-refractivity contribution in [2.75, 3.05) is 13.1 Å². The Hall–Kier alpha value is -1.09. The minimum Gasteiger partial charge on any atom is -0.347 e. The Labute approximate surface area is 72.5 Å². The van der Waals surface area contributed by atoms with Gasteiger partial charge < -0.3 is 10.6 Å². The number of amides is 1. The van der Waals surface area contributed by atoms with Crippen LogP contribution < -0.4 is 10.6 Å². The van der Waals surface area contributed by atoms with E-state index in [0.29, 0.717) is 6.04 Å². The van der Waals surface area contributed by atoms with Gasteiger partial charge in [-0.25, -0.2) is 0 Å². The van der Waals surface area contributed by atoms with Crippen molar-refractivity contribution in [3.8, 4) is 0 Å². The third kappa shape index (κ3) is 2.88. The SMILES string of the molecule is CC=CC=CC(=O)NC1CNC1. The summed E-state index contributed by atoms with van der Waals surface area (Å²) < 4.78 is 0. The molecule has 0 aromatic carbocycles. The van der Waals surface area contributed by atoms with Gasteiger partial charge in [0.05, 0.1) is 6.04 Å². The fraction of sp³-hybridized carbons (Fsp3) is 0.444. The molecule has 1 aliphatic heterocycles. The van der Waals surface area contributed by atoms with E-state index in [-0.39, 0.29) is 5.91 Å². The van der Waals surface area contributed by atoms with E-state index in [1.54, 1.807) is 12.2 Å². The van der Waals surface area contributed by atoms with Crippen LogP contribution in [0.2, 0.25) is 0 Å². The first kappa shape index (κ1) is 9.00. The number of carbonyl (C=O) groups is 1. The van der Waals surface area contributed by atoms with E-state index in [1.165, 1.54) is 0 Å². The quantitative estimate of drug-likeness (QED) is 0.465. The molecule has 0 bridgehead atoms. The first-order chi connectivity index (χ1) is 5.83. The second kappa shape index (κ2) is 4.72. The molecule has 3 heteroatoms. The summed E-state index contributed by atoms with van der Waals surface area (Å²) in [5.74, 6) is -0.0143. The van der Waals surface area contributed by atoms with E-state index in [4.69, 9.17) is 0 Å². The van der Waals surface area contributed by atoms with Crippen LogP contribution in [0.25, 0.3) is 0 Å². The monoisotopic (exact) mass is 166 g/mol. The van der Waals surface area contributed by atoms with Gasteiger partial charge in [0.15, 0.2) is 0 Å². The second-order valence-electron chi connectivity index (χ2n) is 2.75. The molecule has 0 aromatic rings. The molecule has 3 nitrogen and oxygen atoms in total. The Kier molecular flexibility index (Phi) is 3.54. The number of hydrogen-bond acceptors (Lipinski definition) is 2. The molecule has 1 heterocycles. The van der Waals surface area contributed by atoms with E-state index < -0.39 is 0 Å². The summed E-state index contributed by atoms with van der Waals surface area (Å²) in [5, 5.41) is 5.93. The van der Waals surface area contributed by atoms with Crippen molar-refractivity contribution in [3.05, 3.63) is 24.3 Å². The summed E-state index contributed by atoms with van der Waals surface area (Å²) in [4.78, 5) is 11.1. The first-order valence-corrected chi connectivity index (χ1v) is 4.13. The van der Waals surface area contributed by atoms with Crippen molar-refractivity contribution in [1.29, 1.82) is 0 Å². The van der Waals surface area contributed by atoms with Gasteiger partial charge >= 0.3 is 0 Å². The standard InChI is InChI=1S/C9H14N2O/c1-2-3-4-5-9(12)11-8-6-10-7-8/h2-5,8,10H,6-7H2,1H3,(H,11,12). The highest BCUT2D eigenvalue weighted by Crippen LogP contribution is 1.90. The summed E-state index contributed by atoms with van der Waals surface area (Å²) in [6.45, 7) is 3.70. The minimum absolute atomic E-state index is 0.0143. The van der Waals surface area contributed by atoms with Gasteiger partial charge in [0.1, 0.15) is 0 Å². The van der Waals surface area contributed by atoms with E-state index in [1.807, 2.05) is 19.1 Å². The highest BCUT2D eigenvalue weighted by Gasteiger charge is 2.16. The molecule has 0 aliphatic carbocycles. The zero-order valence-corrected chi connectivity index (χ0v) is 7.21. The van der Waals surface area contributed by atoms with Gasteiger partial charge in [-0.05, 0) is 6.92 Å². The fourth-order valence-electron chi connectivity index (χ4n) is 0.894. The lowest BCUT2D eigenvalue weighted by atomic mass is 10.2. The summed E-state index contributed by atoms with van der Waals surface area (Å²) in [6.07, 6.45) is 6.99. The number of nitrogens with one attached hydrogen (secondary N) is 2. The number of carbonyl (C=O) groups excluding carboxylic acids is 1. The molecule has 1 amide bonds. The Morgan fingerprint density at radius 3 is 2.75 bits per heavy atom. The van der Waals surface area contributed by atoms with Gasteiger partial charge in [0, 0.05) is 19.2 Å². The zero-order valence-electron chi connectivity index (χ0n) is 7.21. The van der Waals surface area contributed by atoms with Crippen molar-refractivity contribution in [3.63, 3.8) is 0 Å². The summed E-state index contributed by atoms with van der Waals surface area (Å²) in [7, 11) is 0. The molecule has 2 N–H and O–H groups in total. The van der Waals surface area contributed by atoms with Gasteiger partial charge in [-0.15, -0.1) is 0 Å². The number of rotatable bonds is 3. The number of allylic oxidation sites excluding steroid dienone is 3. The molecular formula is C9H14N2O. The molecule has 0 spiro atoms. The summed E-state index contributed by atoms with van der Waals surface area (Å²) >= 11 is 0. The Morgan fingerprint density at radius 1 is 1.50 bits per heavy atom. The molecule has 1 rings (SSSR count). The Morgan fingerprint density at radius 2 is 2.25 bits per heavy atom. The van der Waals surface area contributed by atoms with Crippen molar-refractivity contribution in [2.24, 2.45) is 0 Å². The zero-order chi connectivity index (χ0) is 8.81. The van der Waals surface area contributed by atoms with Crippen LogP contribution in [-0.2, 0) is 4.79 Å². The highest BCUT2D eigenvalue weighted by molar-refractivity contribution is 5.88. The van der Waals surface area contributed by atoms with Crippen LogP contribution in [-0.4, -0.2) is 25.0 Å². The maximum Gasteiger partial charge on any atom is 0.244 e. The lowest BCUT2D eigenvalue weighted by molar-refractivity contribution is -0.117. The average Bonchev–Trinajstić information content (AvgIpc) is 1.98. The van der Waals surface area contributed by atoms with Crippen molar-refractivity contribution in [1.82, 2.24) is 10.6 Å². The van der Waals surface area contributed by atoms with Gasteiger partial charge in [-0.1, -0.05) is 18.2 Å². The van der Waals surface area contributed by atoms with Crippen LogP contribution >= 0.6 is 0 Å². The third-order valence-corrected chi connectivity index (χ3v) is 1.68. The summed E-state index contributed by atoms with van der Waals surface area (Å²) in [6, 6.07) is 0.327. The molecule has 0 unspecified atom stereocenters. The van der Waals surface area contributed by atoms with E-state index >= 15 is 0 Å². The fourth-order valence-corrected chi connectivity index (χ4v) is 0.894. The van der Waals surface area contributed by atoms with E-state index in [9.17, 15) is 4.79 Å². The molecule has 12 heavy (non-hydrogen) atoms. The molecule has 0 saturated carbocycles. The van der Waals surface area contributed by atoms with Crippen LogP contribution in [0.3, 0.4) is 0 Å². The van der Waals surface area contributed by atoms with Crippen LogP contribution in [0.15, 0.2) is 24.3 Å². The maximum atomic E-state index is 11.1. The van der Waals surface area contributed by atoms with Crippen molar-refractivity contribution >= 4 is 5.91 Å². The second-order valence-corrected chi connectivity index (χ2v) is 2.75. The first-order valence-electron chi connectivity index (χ1n) is 4.13. The van der Waals surface area contributed by atoms with Gasteiger partial charge in [0.2, 0.25) is 5.91 Å². The van der Waals surface area contributed by atoms with Crippen LogP contribution in [0, 0.1) is 0 Å². The molecule has 0 atom stereocenters. The molecule has 1 fully saturated rings. The van der Waals surface area contributed by atoms with E-state index in [0.717, 1.165) is 13.1 Å². The lowest BCUT2D eigenvalue weighted by Gasteiger charge is -2.27. The minimum atomic E-state index is -0.0143. The number of hydrogen-bond donors (Lipinski definition) is 2.